The van der Waals surface area contributed by atoms with Gasteiger partial charge in [0.2, 0.25) is 5.91 Å². The minimum absolute atomic E-state index is 0.272. The SMILES string of the molecule is CO/N=C/C=C\C(=O)N[C@@H](CC(C)C)C(=O)OC. The number of amides is 1. The molecule has 0 bridgehead atoms. The Morgan fingerprint density at radius 1 is 1.33 bits per heavy atom. The first-order valence-electron chi connectivity index (χ1n) is 5.62. The average molecular weight is 256 g/mol. The van der Waals surface area contributed by atoms with Crippen molar-refractivity contribution >= 4 is 18.1 Å². The fourth-order valence-electron chi connectivity index (χ4n) is 1.27. The number of ether oxygens (including phenoxy) is 1. The van der Waals surface area contributed by atoms with Crippen molar-refractivity contribution in [1.82, 2.24) is 5.32 Å². The number of nitrogens with one attached hydrogen (secondary N) is 1. The second-order valence-corrected chi connectivity index (χ2v) is 4.01. The molecule has 0 saturated heterocycles. The number of esters is 1. The molecule has 0 aromatic carbocycles. The molecule has 6 heteroatoms. The van der Waals surface area contributed by atoms with E-state index in [1.807, 2.05) is 13.8 Å². The van der Waals surface area contributed by atoms with Crippen LogP contribution < -0.4 is 5.32 Å². The van der Waals surface area contributed by atoms with Gasteiger partial charge in [-0.15, -0.1) is 0 Å². The van der Waals surface area contributed by atoms with E-state index < -0.39 is 12.0 Å². The summed E-state index contributed by atoms with van der Waals surface area (Å²) in [7, 11) is 2.70. The van der Waals surface area contributed by atoms with Crippen molar-refractivity contribution in [2.45, 2.75) is 26.3 Å². The fraction of sp³-hybridized carbons (Fsp3) is 0.583. The number of nitrogens with zero attached hydrogens (tertiary/aromatic N) is 1. The molecule has 102 valence electrons. The van der Waals surface area contributed by atoms with Gasteiger partial charge in [-0.25, -0.2) is 4.79 Å². The van der Waals surface area contributed by atoms with Crippen LogP contribution in [0.5, 0.6) is 0 Å². The van der Waals surface area contributed by atoms with Crippen molar-refractivity contribution in [2.24, 2.45) is 11.1 Å². The summed E-state index contributed by atoms with van der Waals surface area (Å²) in [5.41, 5.74) is 0. The monoisotopic (exact) mass is 256 g/mol. The molecule has 0 heterocycles. The van der Waals surface area contributed by atoms with Gasteiger partial charge < -0.3 is 14.9 Å². The number of rotatable bonds is 7. The normalized spacial score (nSPS) is 12.9. The number of allylic oxidation sites excluding steroid dienone is 1. The van der Waals surface area contributed by atoms with Gasteiger partial charge in [0, 0.05) is 6.08 Å². The molecule has 6 nitrogen and oxygen atoms in total. The number of hydrogen-bond donors (Lipinski definition) is 1. The fourth-order valence-corrected chi connectivity index (χ4v) is 1.27. The molecule has 0 aliphatic rings. The number of carbonyl (C=O) groups is 2. The second-order valence-electron chi connectivity index (χ2n) is 4.01. The molecule has 0 spiro atoms. The standard InChI is InChI=1S/C12H20N2O4/c1-9(2)8-10(12(16)17-3)14-11(15)6-5-7-13-18-4/h5-7,9-10H,8H2,1-4H3,(H,14,15)/b6-5-,13-7+/t10-/m0/s1. The van der Waals surface area contributed by atoms with Crippen LogP contribution in [0, 0.1) is 5.92 Å². The van der Waals surface area contributed by atoms with Crippen molar-refractivity contribution < 1.29 is 19.2 Å². The van der Waals surface area contributed by atoms with E-state index in [1.54, 1.807) is 0 Å². The van der Waals surface area contributed by atoms with Crippen molar-refractivity contribution in [3.8, 4) is 0 Å². The molecule has 0 aliphatic heterocycles. The van der Waals surface area contributed by atoms with Gasteiger partial charge in [0.15, 0.2) is 0 Å². The third-order valence-electron chi connectivity index (χ3n) is 2.01. The van der Waals surface area contributed by atoms with Crippen molar-refractivity contribution in [1.29, 1.82) is 0 Å². The Kier molecular flexibility index (Phi) is 8.26. The average Bonchev–Trinajstić information content (AvgIpc) is 2.32. The predicted octanol–water partition coefficient (Wildman–Crippen LogP) is 0.879. The van der Waals surface area contributed by atoms with E-state index in [2.05, 4.69) is 20.0 Å². The van der Waals surface area contributed by atoms with Gasteiger partial charge >= 0.3 is 5.97 Å². The highest BCUT2D eigenvalue weighted by molar-refractivity contribution is 5.94. The highest BCUT2D eigenvalue weighted by Gasteiger charge is 2.21. The zero-order valence-corrected chi connectivity index (χ0v) is 11.2. The first kappa shape index (κ1) is 16.1. The molecular formula is C12H20N2O4. The molecule has 0 rings (SSSR count). The number of hydrogen-bond acceptors (Lipinski definition) is 5. The summed E-state index contributed by atoms with van der Waals surface area (Å²) in [6, 6.07) is -0.633. The maximum Gasteiger partial charge on any atom is 0.328 e. The lowest BCUT2D eigenvalue weighted by Gasteiger charge is -2.17. The Hall–Kier alpha value is -1.85. The van der Waals surface area contributed by atoms with Gasteiger partial charge in [0.05, 0.1) is 13.3 Å². The van der Waals surface area contributed by atoms with Gasteiger partial charge in [0.1, 0.15) is 13.2 Å². The third-order valence-corrected chi connectivity index (χ3v) is 2.01. The van der Waals surface area contributed by atoms with Crippen LogP contribution in [-0.2, 0) is 19.2 Å². The molecule has 18 heavy (non-hydrogen) atoms. The quantitative estimate of drug-likeness (QED) is 0.317. The predicted molar refractivity (Wildman–Crippen MR) is 68.0 cm³/mol. The first-order valence-corrected chi connectivity index (χ1v) is 5.62. The van der Waals surface area contributed by atoms with Gasteiger partial charge in [-0.05, 0) is 18.4 Å². The van der Waals surface area contributed by atoms with Crippen molar-refractivity contribution in [2.75, 3.05) is 14.2 Å². The maximum atomic E-state index is 11.5. The Morgan fingerprint density at radius 3 is 2.50 bits per heavy atom. The van der Waals surface area contributed by atoms with Crippen LogP contribution in [0.1, 0.15) is 20.3 Å². The van der Waals surface area contributed by atoms with Crippen molar-refractivity contribution in [3.63, 3.8) is 0 Å². The lowest BCUT2D eigenvalue weighted by atomic mass is 10.0. The van der Waals surface area contributed by atoms with Crippen LogP contribution in [0.25, 0.3) is 0 Å². The Morgan fingerprint density at radius 2 is 2.00 bits per heavy atom. The Balaban J connectivity index is 4.39. The molecule has 0 aromatic heterocycles. The molecule has 0 aliphatic carbocycles. The molecule has 0 aromatic rings. The van der Waals surface area contributed by atoms with E-state index in [0.29, 0.717) is 6.42 Å². The van der Waals surface area contributed by atoms with Crippen LogP contribution in [0.3, 0.4) is 0 Å². The molecule has 0 fully saturated rings. The highest BCUT2D eigenvalue weighted by atomic mass is 16.6. The summed E-state index contributed by atoms with van der Waals surface area (Å²) in [5, 5.41) is 6.01. The maximum absolute atomic E-state index is 11.5. The van der Waals surface area contributed by atoms with E-state index >= 15 is 0 Å². The first-order chi connectivity index (χ1) is 8.51. The minimum atomic E-state index is -0.633. The lowest BCUT2D eigenvalue weighted by molar-refractivity contribution is -0.145. The van der Waals surface area contributed by atoms with Crippen LogP contribution in [-0.4, -0.2) is 38.4 Å². The van der Waals surface area contributed by atoms with Gasteiger partial charge in [-0.2, -0.15) is 0 Å². The summed E-state index contributed by atoms with van der Waals surface area (Å²) in [4.78, 5) is 27.4. The number of carbonyl (C=O) groups excluding carboxylic acids is 2. The van der Waals surface area contributed by atoms with Gasteiger partial charge in [-0.3, -0.25) is 4.79 Å². The van der Waals surface area contributed by atoms with E-state index in [1.165, 1.54) is 32.6 Å². The summed E-state index contributed by atoms with van der Waals surface area (Å²) < 4.78 is 4.63. The van der Waals surface area contributed by atoms with Crippen LogP contribution in [0.4, 0.5) is 0 Å². The molecule has 0 unspecified atom stereocenters. The Bertz CT molecular complexity index is 324. The third kappa shape index (κ3) is 7.43. The summed E-state index contributed by atoms with van der Waals surface area (Å²) in [5.74, 6) is -0.557. The lowest BCUT2D eigenvalue weighted by Crippen LogP contribution is -2.41. The largest absolute Gasteiger partial charge is 0.467 e. The molecular weight excluding hydrogens is 236 g/mol. The zero-order valence-electron chi connectivity index (χ0n) is 11.2. The number of oxime groups is 1. The molecule has 1 atom stereocenters. The zero-order chi connectivity index (χ0) is 14.0. The Labute approximate surface area is 107 Å². The highest BCUT2D eigenvalue weighted by Crippen LogP contribution is 2.06. The van der Waals surface area contributed by atoms with E-state index in [9.17, 15) is 9.59 Å². The molecule has 0 saturated carbocycles. The van der Waals surface area contributed by atoms with E-state index in [4.69, 9.17) is 0 Å². The van der Waals surface area contributed by atoms with Crippen LogP contribution in [0.2, 0.25) is 0 Å². The minimum Gasteiger partial charge on any atom is -0.467 e. The summed E-state index contributed by atoms with van der Waals surface area (Å²) >= 11 is 0. The molecule has 1 N–H and O–H groups in total. The summed E-state index contributed by atoms with van der Waals surface area (Å²) in [6.45, 7) is 3.92. The topological polar surface area (TPSA) is 77.0 Å². The van der Waals surface area contributed by atoms with E-state index in [-0.39, 0.29) is 11.8 Å². The molecule has 1 amide bonds. The number of methoxy groups -OCH3 is 1. The second kappa shape index (κ2) is 9.21. The summed E-state index contributed by atoms with van der Waals surface area (Å²) in [6.07, 6.45) is 4.54. The van der Waals surface area contributed by atoms with Gasteiger partial charge in [0.25, 0.3) is 0 Å². The van der Waals surface area contributed by atoms with E-state index in [0.717, 1.165) is 0 Å². The van der Waals surface area contributed by atoms with Gasteiger partial charge in [-0.1, -0.05) is 19.0 Å². The smallest absolute Gasteiger partial charge is 0.328 e. The van der Waals surface area contributed by atoms with Crippen LogP contribution >= 0.6 is 0 Å². The van der Waals surface area contributed by atoms with Crippen LogP contribution in [0.15, 0.2) is 17.3 Å². The van der Waals surface area contributed by atoms with Crippen molar-refractivity contribution in [3.05, 3.63) is 12.2 Å². The molecule has 0 radical (unpaired) electrons.